The zero-order valence-corrected chi connectivity index (χ0v) is 11.8. The fourth-order valence-electron chi connectivity index (χ4n) is 2.01. The van der Waals surface area contributed by atoms with E-state index in [0.717, 1.165) is 22.4 Å². The van der Waals surface area contributed by atoms with E-state index in [4.69, 9.17) is 15.7 Å². The molecule has 4 heteroatoms. The third-order valence-corrected chi connectivity index (χ3v) is 3.36. The molecule has 0 atom stereocenters. The normalized spacial score (nSPS) is 11.4. The van der Waals surface area contributed by atoms with E-state index in [-0.39, 0.29) is 5.84 Å². The summed E-state index contributed by atoms with van der Waals surface area (Å²) in [7, 11) is 0. The van der Waals surface area contributed by atoms with Gasteiger partial charge in [-0.15, -0.1) is 0 Å². The largest absolute Gasteiger partial charge is 0.456 e. The van der Waals surface area contributed by atoms with Gasteiger partial charge in [-0.2, -0.15) is 0 Å². The Morgan fingerprint density at radius 2 is 1.70 bits per heavy atom. The van der Waals surface area contributed by atoms with Gasteiger partial charge in [0.1, 0.15) is 11.5 Å². The van der Waals surface area contributed by atoms with E-state index < -0.39 is 0 Å². The van der Waals surface area contributed by atoms with Crippen LogP contribution < -0.4 is 10.5 Å². The summed E-state index contributed by atoms with van der Waals surface area (Å²) in [6.07, 6.45) is 0. The highest BCUT2D eigenvalue weighted by molar-refractivity contribution is 5.99. The molecule has 0 saturated carbocycles. The van der Waals surface area contributed by atoms with E-state index in [2.05, 4.69) is 11.2 Å². The molecule has 0 aromatic heterocycles. The van der Waals surface area contributed by atoms with Crippen molar-refractivity contribution >= 4 is 5.84 Å². The number of hydrogen-bond donors (Lipinski definition) is 2. The van der Waals surface area contributed by atoms with Gasteiger partial charge in [0.2, 0.25) is 0 Å². The van der Waals surface area contributed by atoms with Crippen molar-refractivity contribution in [1.29, 1.82) is 0 Å². The van der Waals surface area contributed by atoms with Crippen molar-refractivity contribution < 1.29 is 9.94 Å². The molecule has 0 aliphatic carbocycles. The second-order valence-corrected chi connectivity index (χ2v) is 4.74. The van der Waals surface area contributed by atoms with Gasteiger partial charge in [0.15, 0.2) is 5.84 Å². The molecule has 0 amide bonds. The summed E-state index contributed by atoms with van der Waals surface area (Å²) in [5, 5.41) is 11.9. The van der Waals surface area contributed by atoms with E-state index in [1.54, 1.807) is 12.1 Å². The lowest BCUT2D eigenvalue weighted by atomic mass is 10.1. The van der Waals surface area contributed by atoms with Crippen LogP contribution in [0, 0.1) is 20.8 Å². The molecule has 0 radical (unpaired) electrons. The Bertz CT molecular complexity index is 664. The lowest BCUT2D eigenvalue weighted by Gasteiger charge is -2.15. The Morgan fingerprint density at radius 1 is 1.05 bits per heavy atom. The predicted molar refractivity (Wildman–Crippen MR) is 79.7 cm³/mol. The van der Waals surface area contributed by atoms with Gasteiger partial charge in [-0.05, 0) is 49.6 Å². The summed E-state index contributed by atoms with van der Waals surface area (Å²) in [5.41, 5.74) is 9.53. The number of para-hydroxylation sites is 1. The van der Waals surface area contributed by atoms with E-state index in [1.807, 2.05) is 39.0 Å². The highest BCUT2D eigenvalue weighted by Gasteiger charge is 2.12. The zero-order valence-electron chi connectivity index (χ0n) is 11.8. The fraction of sp³-hybridized carbons (Fsp3) is 0.188. The van der Waals surface area contributed by atoms with Gasteiger partial charge in [-0.3, -0.25) is 0 Å². The minimum Gasteiger partial charge on any atom is -0.456 e. The number of ether oxygens (including phenoxy) is 1. The van der Waals surface area contributed by atoms with Crippen LogP contribution >= 0.6 is 0 Å². The molecule has 2 rings (SSSR count). The number of benzene rings is 2. The molecule has 0 bridgehead atoms. The molecule has 4 nitrogen and oxygen atoms in total. The van der Waals surface area contributed by atoms with Crippen molar-refractivity contribution in [2.45, 2.75) is 20.8 Å². The maximum absolute atomic E-state index is 8.84. The van der Waals surface area contributed by atoms with Crippen LogP contribution in [-0.2, 0) is 0 Å². The third kappa shape index (κ3) is 2.59. The van der Waals surface area contributed by atoms with Gasteiger partial charge >= 0.3 is 0 Å². The van der Waals surface area contributed by atoms with Crippen molar-refractivity contribution in [2.75, 3.05) is 0 Å². The van der Waals surface area contributed by atoms with Gasteiger partial charge in [0.05, 0.1) is 5.56 Å². The van der Waals surface area contributed by atoms with Crippen LogP contribution in [0.15, 0.2) is 41.6 Å². The number of rotatable bonds is 3. The Labute approximate surface area is 118 Å². The standard InChI is InChI=1S/C16H18N2O2/c1-10-8-9-11(2)15(12(10)3)20-14-7-5-4-6-13(14)16(17)18-19/h4-9,19H,1-3H3,(H2,17,18). The number of aryl methyl sites for hydroxylation is 2. The smallest absolute Gasteiger partial charge is 0.173 e. The third-order valence-electron chi connectivity index (χ3n) is 3.36. The Kier molecular flexibility index (Phi) is 3.94. The first-order chi connectivity index (χ1) is 9.54. The van der Waals surface area contributed by atoms with Crippen LogP contribution in [0.4, 0.5) is 0 Å². The number of hydrogen-bond acceptors (Lipinski definition) is 3. The molecule has 0 heterocycles. The topological polar surface area (TPSA) is 67.8 Å². The second kappa shape index (κ2) is 5.65. The van der Waals surface area contributed by atoms with Crippen molar-refractivity contribution in [3.05, 3.63) is 58.7 Å². The molecular weight excluding hydrogens is 252 g/mol. The minimum atomic E-state index is 0.0311. The lowest BCUT2D eigenvalue weighted by Crippen LogP contribution is -2.14. The zero-order chi connectivity index (χ0) is 14.7. The van der Waals surface area contributed by atoms with Gasteiger partial charge in [0, 0.05) is 0 Å². The number of amidine groups is 1. The minimum absolute atomic E-state index is 0.0311. The van der Waals surface area contributed by atoms with Crippen LogP contribution in [0.5, 0.6) is 11.5 Å². The van der Waals surface area contributed by atoms with Crippen LogP contribution in [0.25, 0.3) is 0 Å². The first-order valence-electron chi connectivity index (χ1n) is 6.36. The average Bonchev–Trinajstić information content (AvgIpc) is 2.47. The summed E-state index contributed by atoms with van der Waals surface area (Å²) in [6.45, 7) is 6.05. The van der Waals surface area contributed by atoms with E-state index in [1.165, 1.54) is 0 Å². The number of oxime groups is 1. The van der Waals surface area contributed by atoms with Crippen LogP contribution in [0.1, 0.15) is 22.3 Å². The van der Waals surface area contributed by atoms with Gasteiger partial charge in [-0.1, -0.05) is 29.4 Å². The molecule has 0 aliphatic rings. The number of nitrogens with two attached hydrogens (primary N) is 1. The predicted octanol–water partition coefficient (Wildman–Crippen LogP) is 3.50. The van der Waals surface area contributed by atoms with Gasteiger partial charge in [-0.25, -0.2) is 0 Å². The van der Waals surface area contributed by atoms with Crippen molar-refractivity contribution in [2.24, 2.45) is 10.9 Å². The average molecular weight is 270 g/mol. The molecule has 0 saturated heterocycles. The molecule has 0 unspecified atom stereocenters. The highest BCUT2D eigenvalue weighted by Crippen LogP contribution is 2.32. The molecule has 3 N–H and O–H groups in total. The van der Waals surface area contributed by atoms with Crippen LogP contribution in [0.3, 0.4) is 0 Å². The SMILES string of the molecule is Cc1ccc(C)c(Oc2ccccc2/C(N)=N/O)c1C. The van der Waals surface area contributed by atoms with Crippen molar-refractivity contribution in [1.82, 2.24) is 0 Å². The van der Waals surface area contributed by atoms with E-state index >= 15 is 0 Å². The first-order valence-corrected chi connectivity index (χ1v) is 6.36. The van der Waals surface area contributed by atoms with Crippen LogP contribution in [-0.4, -0.2) is 11.0 Å². The van der Waals surface area contributed by atoms with E-state index in [0.29, 0.717) is 11.3 Å². The van der Waals surface area contributed by atoms with Crippen molar-refractivity contribution in [3.8, 4) is 11.5 Å². The molecular formula is C16H18N2O2. The molecule has 20 heavy (non-hydrogen) atoms. The molecule has 2 aromatic carbocycles. The summed E-state index contributed by atoms with van der Waals surface area (Å²) in [6, 6.07) is 11.3. The first kappa shape index (κ1) is 13.9. The summed E-state index contributed by atoms with van der Waals surface area (Å²) < 4.78 is 6.00. The molecule has 104 valence electrons. The van der Waals surface area contributed by atoms with Gasteiger partial charge in [0.25, 0.3) is 0 Å². The Hall–Kier alpha value is -2.49. The molecule has 0 fully saturated rings. The van der Waals surface area contributed by atoms with E-state index in [9.17, 15) is 0 Å². The summed E-state index contributed by atoms with van der Waals surface area (Å²) in [4.78, 5) is 0. The van der Waals surface area contributed by atoms with Gasteiger partial charge < -0.3 is 15.7 Å². The molecule has 0 spiro atoms. The monoisotopic (exact) mass is 270 g/mol. The van der Waals surface area contributed by atoms with Crippen molar-refractivity contribution in [3.63, 3.8) is 0 Å². The maximum atomic E-state index is 8.84. The quantitative estimate of drug-likeness (QED) is 0.388. The Balaban J connectivity index is 2.49. The summed E-state index contributed by atoms with van der Waals surface area (Å²) >= 11 is 0. The second-order valence-electron chi connectivity index (χ2n) is 4.74. The van der Waals surface area contributed by atoms with Crippen LogP contribution in [0.2, 0.25) is 0 Å². The number of nitrogens with zero attached hydrogens (tertiary/aromatic N) is 1. The molecule has 2 aromatic rings. The lowest BCUT2D eigenvalue weighted by molar-refractivity contribution is 0.318. The summed E-state index contributed by atoms with van der Waals surface area (Å²) in [5.74, 6) is 1.41. The molecule has 0 aliphatic heterocycles. The Morgan fingerprint density at radius 3 is 2.40 bits per heavy atom. The fourth-order valence-corrected chi connectivity index (χ4v) is 2.01. The highest BCUT2D eigenvalue weighted by atomic mass is 16.5. The maximum Gasteiger partial charge on any atom is 0.173 e.